The molecule has 2 N–H and O–H groups in total. The van der Waals surface area contributed by atoms with Crippen molar-refractivity contribution in [1.82, 2.24) is 14.6 Å². The van der Waals surface area contributed by atoms with Crippen LogP contribution in [0.3, 0.4) is 0 Å². The first kappa shape index (κ1) is 14.5. The number of aliphatic hydroxyl groups excluding tert-OH is 1. The molecule has 0 fully saturated rings. The summed E-state index contributed by atoms with van der Waals surface area (Å²) in [7, 11) is 0. The van der Waals surface area contributed by atoms with E-state index in [2.05, 4.69) is 15.4 Å². The van der Waals surface area contributed by atoms with Crippen LogP contribution in [0.5, 0.6) is 0 Å². The number of nitrogens with zero attached hydrogens (tertiary/aromatic N) is 3. The maximum Gasteiger partial charge on any atom is 0.165 e. The van der Waals surface area contributed by atoms with Gasteiger partial charge in [-0.25, -0.2) is 13.9 Å². The van der Waals surface area contributed by atoms with Gasteiger partial charge in [-0.3, -0.25) is 0 Å². The third-order valence-electron chi connectivity index (χ3n) is 3.57. The highest BCUT2D eigenvalue weighted by molar-refractivity contribution is 5.77. The summed E-state index contributed by atoms with van der Waals surface area (Å²) >= 11 is 0. The SMILES string of the molecule is CCC(CO)Nc1ccn2ncc(-c3cccc(F)c3)c2n1. The molecular weight excluding hydrogens is 283 g/mol. The molecule has 0 saturated carbocycles. The van der Waals surface area contributed by atoms with Crippen molar-refractivity contribution in [2.75, 3.05) is 11.9 Å². The minimum absolute atomic E-state index is 0.0410. The molecule has 1 unspecified atom stereocenters. The predicted octanol–water partition coefficient (Wildman–Crippen LogP) is 2.72. The van der Waals surface area contributed by atoms with E-state index < -0.39 is 0 Å². The van der Waals surface area contributed by atoms with Gasteiger partial charge in [-0.15, -0.1) is 0 Å². The lowest BCUT2D eigenvalue weighted by atomic mass is 10.1. The number of hydrogen-bond donors (Lipinski definition) is 2. The van der Waals surface area contributed by atoms with Gasteiger partial charge in [0.15, 0.2) is 5.65 Å². The van der Waals surface area contributed by atoms with Crippen molar-refractivity contribution in [3.05, 3.63) is 48.5 Å². The molecule has 5 nitrogen and oxygen atoms in total. The van der Waals surface area contributed by atoms with E-state index in [1.165, 1.54) is 12.1 Å². The number of aliphatic hydroxyl groups is 1. The van der Waals surface area contributed by atoms with Crippen molar-refractivity contribution in [2.45, 2.75) is 19.4 Å². The zero-order valence-corrected chi connectivity index (χ0v) is 12.2. The molecule has 1 aromatic carbocycles. The first-order valence-corrected chi connectivity index (χ1v) is 7.19. The molecule has 0 aliphatic heterocycles. The molecule has 22 heavy (non-hydrogen) atoms. The lowest BCUT2D eigenvalue weighted by Crippen LogP contribution is -2.23. The molecule has 0 aliphatic carbocycles. The van der Waals surface area contributed by atoms with Crippen molar-refractivity contribution in [3.8, 4) is 11.1 Å². The molecule has 0 aliphatic rings. The van der Waals surface area contributed by atoms with Gasteiger partial charge < -0.3 is 10.4 Å². The van der Waals surface area contributed by atoms with Crippen LogP contribution >= 0.6 is 0 Å². The fourth-order valence-corrected chi connectivity index (χ4v) is 2.29. The van der Waals surface area contributed by atoms with Crippen LogP contribution in [0.25, 0.3) is 16.8 Å². The number of fused-ring (bicyclic) bond motifs is 1. The summed E-state index contributed by atoms with van der Waals surface area (Å²) in [5, 5.41) is 16.7. The van der Waals surface area contributed by atoms with E-state index in [9.17, 15) is 9.50 Å². The minimum atomic E-state index is -0.294. The second-order valence-electron chi connectivity index (χ2n) is 5.08. The maximum absolute atomic E-state index is 13.4. The Morgan fingerprint density at radius 3 is 2.95 bits per heavy atom. The van der Waals surface area contributed by atoms with Crippen molar-refractivity contribution in [1.29, 1.82) is 0 Å². The Labute approximate surface area is 127 Å². The standard InChI is InChI=1S/C16H17FN4O/c1-2-13(10-22)19-15-6-7-21-16(20-15)14(9-18-21)11-4-3-5-12(17)8-11/h3-9,13,22H,2,10H2,1H3,(H,19,20). The summed E-state index contributed by atoms with van der Waals surface area (Å²) in [6.07, 6.45) is 4.25. The van der Waals surface area contributed by atoms with E-state index in [0.717, 1.165) is 17.5 Å². The Bertz CT molecular complexity index is 783. The van der Waals surface area contributed by atoms with Crippen LogP contribution in [0.2, 0.25) is 0 Å². The second-order valence-corrected chi connectivity index (χ2v) is 5.08. The summed E-state index contributed by atoms with van der Waals surface area (Å²) in [4.78, 5) is 4.53. The Kier molecular flexibility index (Phi) is 4.02. The Morgan fingerprint density at radius 1 is 1.36 bits per heavy atom. The fraction of sp³-hybridized carbons (Fsp3) is 0.250. The highest BCUT2D eigenvalue weighted by Crippen LogP contribution is 2.24. The second kappa shape index (κ2) is 6.11. The van der Waals surface area contributed by atoms with Crippen molar-refractivity contribution in [3.63, 3.8) is 0 Å². The van der Waals surface area contributed by atoms with Crippen molar-refractivity contribution < 1.29 is 9.50 Å². The number of aromatic nitrogens is 3. The van der Waals surface area contributed by atoms with Gasteiger partial charge in [0.2, 0.25) is 0 Å². The van der Waals surface area contributed by atoms with Crippen LogP contribution in [0.4, 0.5) is 10.2 Å². The first-order valence-electron chi connectivity index (χ1n) is 7.19. The Hall–Kier alpha value is -2.47. The van der Waals surface area contributed by atoms with Gasteiger partial charge in [-0.2, -0.15) is 5.10 Å². The summed E-state index contributed by atoms with van der Waals surface area (Å²) in [6.45, 7) is 2.03. The number of nitrogens with one attached hydrogen (secondary N) is 1. The summed E-state index contributed by atoms with van der Waals surface area (Å²) in [6, 6.07) is 8.10. The van der Waals surface area contributed by atoms with Crippen LogP contribution in [0, 0.1) is 5.82 Å². The first-order chi connectivity index (χ1) is 10.7. The van der Waals surface area contributed by atoms with Crippen molar-refractivity contribution in [2.24, 2.45) is 0 Å². The summed E-state index contributed by atoms with van der Waals surface area (Å²) < 4.78 is 15.1. The molecular formula is C16H17FN4O. The maximum atomic E-state index is 13.4. The van der Waals surface area contributed by atoms with Gasteiger partial charge in [0.05, 0.1) is 18.8 Å². The zero-order chi connectivity index (χ0) is 15.5. The minimum Gasteiger partial charge on any atom is -0.394 e. The van der Waals surface area contributed by atoms with E-state index in [1.54, 1.807) is 29.0 Å². The largest absolute Gasteiger partial charge is 0.394 e. The topological polar surface area (TPSA) is 62.5 Å². The smallest absolute Gasteiger partial charge is 0.165 e. The third-order valence-corrected chi connectivity index (χ3v) is 3.57. The zero-order valence-electron chi connectivity index (χ0n) is 12.2. The van der Waals surface area contributed by atoms with Gasteiger partial charge in [-0.05, 0) is 30.2 Å². The normalized spacial score (nSPS) is 12.5. The molecule has 2 aromatic heterocycles. The Morgan fingerprint density at radius 2 is 2.23 bits per heavy atom. The predicted molar refractivity (Wildman–Crippen MR) is 83.2 cm³/mol. The highest BCUT2D eigenvalue weighted by atomic mass is 19.1. The molecule has 3 rings (SSSR count). The molecule has 1 atom stereocenters. The molecule has 3 aromatic rings. The number of anilines is 1. The van der Waals surface area contributed by atoms with Crippen LogP contribution in [0.15, 0.2) is 42.7 Å². The van der Waals surface area contributed by atoms with Gasteiger partial charge >= 0.3 is 0 Å². The molecule has 6 heteroatoms. The summed E-state index contributed by atoms with van der Waals surface area (Å²) in [5.41, 5.74) is 2.14. The van der Waals surface area contributed by atoms with Gasteiger partial charge in [0.25, 0.3) is 0 Å². The van der Waals surface area contributed by atoms with E-state index in [4.69, 9.17) is 0 Å². The third kappa shape index (κ3) is 2.78. The van der Waals surface area contributed by atoms with Gasteiger partial charge in [0, 0.05) is 11.8 Å². The van der Waals surface area contributed by atoms with E-state index >= 15 is 0 Å². The van der Waals surface area contributed by atoms with E-state index in [0.29, 0.717) is 11.5 Å². The fourth-order valence-electron chi connectivity index (χ4n) is 2.29. The molecule has 0 amide bonds. The molecule has 2 heterocycles. The monoisotopic (exact) mass is 300 g/mol. The number of rotatable bonds is 5. The van der Waals surface area contributed by atoms with Crippen molar-refractivity contribution >= 4 is 11.5 Å². The quantitative estimate of drug-likeness (QED) is 0.760. The van der Waals surface area contributed by atoms with Crippen LogP contribution < -0.4 is 5.32 Å². The molecule has 0 spiro atoms. The molecule has 114 valence electrons. The number of hydrogen-bond acceptors (Lipinski definition) is 4. The van der Waals surface area contributed by atoms with Gasteiger partial charge in [-0.1, -0.05) is 19.1 Å². The molecule has 0 bridgehead atoms. The molecule has 0 saturated heterocycles. The lowest BCUT2D eigenvalue weighted by molar-refractivity contribution is 0.271. The highest BCUT2D eigenvalue weighted by Gasteiger charge is 2.11. The average Bonchev–Trinajstić information content (AvgIpc) is 2.95. The number of halogens is 1. The Balaban J connectivity index is 2.02. The van der Waals surface area contributed by atoms with Gasteiger partial charge in [0.1, 0.15) is 11.6 Å². The van der Waals surface area contributed by atoms with Crippen LogP contribution in [0.1, 0.15) is 13.3 Å². The average molecular weight is 300 g/mol. The lowest BCUT2D eigenvalue weighted by Gasteiger charge is -2.14. The van der Waals surface area contributed by atoms with Crippen LogP contribution in [-0.4, -0.2) is 32.4 Å². The van der Waals surface area contributed by atoms with E-state index in [-0.39, 0.29) is 18.5 Å². The van der Waals surface area contributed by atoms with Crippen LogP contribution in [-0.2, 0) is 0 Å². The summed E-state index contributed by atoms with van der Waals surface area (Å²) in [5.74, 6) is 0.365. The molecule has 0 radical (unpaired) electrons. The van der Waals surface area contributed by atoms with E-state index in [1.807, 2.05) is 13.0 Å². The number of benzene rings is 1.